The fourth-order valence-corrected chi connectivity index (χ4v) is 2.32. The van der Waals surface area contributed by atoms with E-state index in [1.807, 2.05) is 0 Å². The van der Waals surface area contributed by atoms with E-state index in [0.717, 1.165) is 35.2 Å². The molecule has 148 valence electrons. The zero-order valence-corrected chi connectivity index (χ0v) is 14.3. The molecule has 0 aliphatic carbocycles. The van der Waals surface area contributed by atoms with Gasteiger partial charge in [-0.05, 0) is 24.3 Å². The third-order valence-electron chi connectivity index (χ3n) is 3.62. The lowest BCUT2D eigenvalue weighted by Gasteiger charge is -2.18. The highest BCUT2D eigenvalue weighted by molar-refractivity contribution is 5.99. The van der Waals surface area contributed by atoms with Crippen LogP contribution in [0.4, 0.5) is 28.9 Å². The second-order valence-corrected chi connectivity index (χ2v) is 5.68. The second kappa shape index (κ2) is 8.03. The van der Waals surface area contributed by atoms with Gasteiger partial charge in [-0.25, -0.2) is 0 Å². The van der Waals surface area contributed by atoms with Gasteiger partial charge in [-0.2, -0.15) is 17.6 Å². The Kier molecular flexibility index (Phi) is 5.96. The van der Waals surface area contributed by atoms with Crippen molar-refractivity contribution in [1.82, 2.24) is 4.90 Å². The molecule has 0 atom stereocenters. The minimum Gasteiger partial charge on any atom is -0.332 e. The number of nitrogens with zero attached hydrogens (tertiary/aromatic N) is 2. The average Bonchev–Trinajstić information content (AvgIpc) is 2.60. The standard InChI is InChI=1S/C17H13F4N3O4/c1-23(16(26)10-6-7-12(18)14(8-10)24(27)28)9-15(25)22-13-5-3-2-4-11(13)17(19,20)21/h2-8H,9H2,1H3,(H,22,25). The molecule has 0 unspecified atom stereocenters. The van der Waals surface area contributed by atoms with Crippen molar-refractivity contribution >= 4 is 23.2 Å². The first-order valence-electron chi connectivity index (χ1n) is 7.66. The molecule has 0 radical (unpaired) electrons. The van der Waals surface area contributed by atoms with Gasteiger partial charge in [-0.15, -0.1) is 0 Å². The summed E-state index contributed by atoms with van der Waals surface area (Å²) >= 11 is 0. The molecule has 0 saturated carbocycles. The van der Waals surface area contributed by atoms with Crippen molar-refractivity contribution in [3.63, 3.8) is 0 Å². The minimum absolute atomic E-state index is 0.251. The normalized spacial score (nSPS) is 11.0. The van der Waals surface area contributed by atoms with E-state index in [2.05, 4.69) is 5.32 Å². The lowest BCUT2D eigenvalue weighted by Crippen LogP contribution is -2.35. The minimum atomic E-state index is -4.68. The van der Waals surface area contributed by atoms with Gasteiger partial charge in [0.2, 0.25) is 11.7 Å². The smallest absolute Gasteiger partial charge is 0.332 e. The zero-order valence-electron chi connectivity index (χ0n) is 14.3. The summed E-state index contributed by atoms with van der Waals surface area (Å²) in [6.45, 7) is -0.629. The molecule has 0 fully saturated rings. The molecule has 0 saturated heterocycles. The molecule has 0 heterocycles. The number of carbonyl (C=O) groups excluding carboxylic acids is 2. The first-order valence-corrected chi connectivity index (χ1v) is 7.66. The number of amides is 2. The summed E-state index contributed by atoms with van der Waals surface area (Å²) in [5.41, 5.74) is -2.69. The average molecular weight is 399 g/mol. The summed E-state index contributed by atoms with van der Waals surface area (Å²) in [5, 5.41) is 12.8. The van der Waals surface area contributed by atoms with E-state index < -0.39 is 52.2 Å². The Morgan fingerprint density at radius 2 is 1.82 bits per heavy atom. The van der Waals surface area contributed by atoms with Crippen molar-refractivity contribution in [3.05, 3.63) is 69.5 Å². The van der Waals surface area contributed by atoms with Crippen LogP contribution in [0.2, 0.25) is 0 Å². The number of anilines is 1. The van der Waals surface area contributed by atoms with Crippen LogP contribution in [0.15, 0.2) is 42.5 Å². The van der Waals surface area contributed by atoms with Gasteiger partial charge in [-0.3, -0.25) is 19.7 Å². The Morgan fingerprint density at radius 1 is 1.18 bits per heavy atom. The maximum absolute atomic E-state index is 13.3. The molecular formula is C17H13F4N3O4. The molecule has 2 rings (SSSR count). The van der Waals surface area contributed by atoms with Crippen LogP contribution >= 0.6 is 0 Å². The number of nitro groups is 1. The quantitative estimate of drug-likeness (QED) is 0.473. The lowest BCUT2D eigenvalue weighted by atomic mass is 10.1. The first-order chi connectivity index (χ1) is 13.0. The van der Waals surface area contributed by atoms with Crippen molar-refractivity contribution in [2.45, 2.75) is 6.18 Å². The second-order valence-electron chi connectivity index (χ2n) is 5.68. The number of halogens is 4. The topological polar surface area (TPSA) is 92.6 Å². The molecule has 7 nitrogen and oxygen atoms in total. The molecule has 11 heteroatoms. The SMILES string of the molecule is CN(CC(=O)Nc1ccccc1C(F)(F)F)C(=O)c1ccc(F)c([N+](=O)[O-])c1. The van der Waals surface area contributed by atoms with Crippen molar-refractivity contribution < 1.29 is 32.1 Å². The van der Waals surface area contributed by atoms with Crippen LogP contribution in [0.1, 0.15) is 15.9 Å². The molecule has 2 amide bonds. The predicted octanol–water partition coefficient (Wildman–Crippen LogP) is 3.46. The van der Waals surface area contributed by atoms with Gasteiger partial charge in [0, 0.05) is 18.7 Å². The van der Waals surface area contributed by atoms with Crippen molar-refractivity contribution in [1.29, 1.82) is 0 Å². The number of hydrogen-bond acceptors (Lipinski definition) is 4. The summed E-state index contributed by atoms with van der Waals surface area (Å²) in [6.07, 6.45) is -4.68. The third-order valence-corrected chi connectivity index (χ3v) is 3.62. The van der Waals surface area contributed by atoms with Crippen LogP contribution in [-0.4, -0.2) is 35.2 Å². The van der Waals surface area contributed by atoms with E-state index >= 15 is 0 Å². The van der Waals surface area contributed by atoms with Crippen LogP contribution < -0.4 is 5.32 Å². The zero-order chi connectivity index (χ0) is 21.1. The van der Waals surface area contributed by atoms with Gasteiger partial charge in [0.1, 0.15) is 0 Å². The summed E-state index contributed by atoms with van der Waals surface area (Å²) in [4.78, 5) is 34.9. The van der Waals surface area contributed by atoms with Crippen LogP contribution in [0.3, 0.4) is 0 Å². The number of likely N-dealkylation sites (N-methyl/N-ethyl adjacent to an activating group) is 1. The van der Waals surface area contributed by atoms with Gasteiger partial charge < -0.3 is 10.2 Å². The molecule has 0 aromatic heterocycles. The number of rotatable bonds is 5. The highest BCUT2D eigenvalue weighted by atomic mass is 19.4. The van der Waals surface area contributed by atoms with Gasteiger partial charge in [-0.1, -0.05) is 12.1 Å². The Hall–Kier alpha value is -3.50. The van der Waals surface area contributed by atoms with E-state index in [1.54, 1.807) is 0 Å². The fourth-order valence-electron chi connectivity index (χ4n) is 2.32. The van der Waals surface area contributed by atoms with Gasteiger partial charge >= 0.3 is 11.9 Å². The van der Waals surface area contributed by atoms with Crippen LogP contribution in [0.5, 0.6) is 0 Å². The van der Waals surface area contributed by atoms with Gasteiger partial charge in [0.15, 0.2) is 0 Å². The Balaban J connectivity index is 2.12. The van der Waals surface area contributed by atoms with E-state index in [9.17, 15) is 37.3 Å². The number of hydrogen-bond donors (Lipinski definition) is 1. The maximum atomic E-state index is 13.3. The molecule has 0 bridgehead atoms. The highest BCUT2D eigenvalue weighted by Gasteiger charge is 2.33. The van der Waals surface area contributed by atoms with Gasteiger partial charge in [0.25, 0.3) is 5.91 Å². The number of nitro benzene ring substituents is 1. The summed E-state index contributed by atoms with van der Waals surface area (Å²) in [5.74, 6) is -2.89. The summed E-state index contributed by atoms with van der Waals surface area (Å²) in [7, 11) is 1.17. The largest absolute Gasteiger partial charge is 0.418 e. The number of para-hydroxylation sites is 1. The van der Waals surface area contributed by atoms with Crippen molar-refractivity contribution in [3.8, 4) is 0 Å². The molecule has 28 heavy (non-hydrogen) atoms. The third kappa shape index (κ3) is 4.81. The van der Waals surface area contributed by atoms with Gasteiger partial charge in [0.05, 0.1) is 22.7 Å². The van der Waals surface area contributed by atoms with Crippen LogP contribution in [0.25, 0.3) is 0 Å². The summed E-state index contributed by atoms with van der Waals surface area (Å²) in [6, 6.07) is 6.77. The van der Waals surface area contributed by atoms with E-state index in [4.69, 9.17) is 0 Å². The highest BCUT2D eigenvalue weighted by Crippen LogP contribution is 2.34. The number of nitrogens with one attached hydrogen (secondary N) is 1. The van der Waals surface area contributed by atoms with E-state index in [1.165, 1.54) is 13.1 Å². The fraction of sp³-hybridized carbons (Fsp3) is 0.176. The predicted molar refractivity (Wildman–Crippen MR) is 90.1 cm³/mol. The summed E-state index contributed by atoms with van der Waals surface area (Å²) < 4.78 is 52.2. The molecule has 0 aliphatic rings. The molecule has 2 aromatic carbocycles. The molecule has 1 N–H and O–H groups in total. The Labute approximate surface area is 155 Å². The van der Waals surface area contributed by atoms with Crippen LogP contribution in [-0.2, 0) is 11.0 Å². The number of alkyl halides is 3. The van der Waals surface area contributed by atoms with Crippen molar-refractivity contribution in [2.75, 3.05) is 18.9 Å². The van der Waals surface area contributed by atoms with E-state index in [-0.39, 0.29) is 5.56 Å². The monoisotopic (exact) mass is 399 g/mol. The molecule has 0 spiro atoms. The van der Waals surface area contributed by atoms with Crippen LogP contribution in [0, 0.1) is 15.9 Å². The number of carbonyl (C=O) groups is 2. The molecule has 0 aliphatic heterocycles. The Bertz CT molecular complexity index is 931. The lowest BCUT2D eigenvalue weighted by molar-refractivity contribution is -0.387. The maximum Gasteiger partial charge on any atom is 0.418 e. The van der Waals surface area contributed by atoms with E-state index in [0.29, 0.717) is 6.07 Å². The molecular weight excluding hydrogens is 386 g/mol. The first kappa shape index (κ1) is 20.8. The molecule has 2 aromatic rings. The Morgan fingerprint density at radius 3 is 2.43 bits per heavy atom. The van der Waals surface area contributed by atoms with Crippen molar-refractivity contribution in [2.24, 2.45) is 0 Å². The number of benzene rings is 2.